The zero-order valence-corrected chi connectivity index (χ0v) is 8.51. The van der Waals surface area contributed by atoms with Gasteiger partial charge >= 0.3 is 0 Å². The number of nitrogens with one attached hydrogen (secondary N) is 2. The Hall–Kier alpha value is -1.02. The lowest BCUT2D eigenvalue weighted by Crippen LogP contribution is -2.40. The van der Waals surface area contributed by atoms with Crippen LogP contribution in [-0.2, 0) is 0 Å². The van der Waals surface area contributed by atoms with Crippen LogP contribution in [0.1, 0.15) is 23.5 Å². The highest BCUT2D eigenvalue weighted by atomic mass is 15.0. The highest BCUT2D eigenvalue weighted by Crippen LogP contribution is 2.39. The molecule has 2 heteroatoms. The maximum absolute atomic E-state index is 3.61. The van der Waals surface area contributed by atoms with E-state index >= 15 is 0 Å². The Bertz CT molecular complexity index is 359. The predicted octanol–water partition coefficient (Wildman–Crippen LogP) is 1.87. The average Bonchev–Trinajstić information content (AvgIpc) is 2.54. The standard InChI is InChI=1S/C12H16N2/c1-8-2-3-9-10-4-5-13-7-12(10)14-11(9)6-8/h2-3,6,10,12-14H,4-5,7H2,1H3. The van der Waals surface area contributed by atoms with Crippen molar-refractivity contribution in [3.05, 3.63) is 29.3 Å². The molecule has 0 saturated carbocycles. The Morgan fingerprint density at radius 3 is 3.21 bits per heavy atom. The average molecular weight is 188 g/mol. The summed E-state index contributed by atoms with van der Waals surface area (Å²) < 4.78 is 0. The smallest absolute Gasteiger partial charge is 0.0455 e. The molecular weight excluding hydrogens is 172 g/mol. The van der Waals surface area contributed by atoms with Gasteiger partial charge in [-0.05, 0) is 37.1 Å². The van der Waals surface area contributed by atoms with Crippen molar-refractivity contribution in [2.45, 2.75) is 25.3 Å². The monoisotopic (exact) mass is 188 g/mol. The van der Waals surface area contributed by atoms with Gasteiger partial charge in [0.1, 0.15) is 0 Å². The van der Waals surface area contributed by atoms with E-state index in [-0.39, 0.29) is 0 Å². The number of benzene rings is 1. The second-order valence-electron chi connectivity index (χ2n) is 4.44. The molecule has 1 saturated heterocycles. The Morgan fingerprint density at radius 1 is 1.36 bits per heavy atom. The SMILES string of the molecule is Cc1ccc2c(c1)NC1CNCCC21. The van der Waals surface area contributed by atoms with Gasteiger partial charge in [0.2, 0.25) is 0 Å². The first-order valence-corrected chi connectivity index (χ1v) is 5.42. The second kappa shape index (κ2) is 2.99. The van der Waals surface area contributed by atoms with Crippen LogP contribution in [-0.4, -0.2) is 19.1 Å². The molecule has 2 unspecified atom stereocenters. The fraction of sp³-hybridized carbons (Fsp3) is 0.500. The molecule has 0 amide bonds. The van der Waals surface area contributed by atoms with Gasteiger partial charge in [-0.2, -0.15) is 0 Å². The molecule has 0 radical (unpaired) electrons. The first-order chi connectivity index (χ1) is 6.84. The zero-order valence-electron chi connectivity index (χ0n) is 8.51. The number of hydrogen-bond donors (Lipinski definition) is 2. The highest BCUT2D eigenvalue weighted by Gasteiger charge is 2.33. The summed E-state index contributed by atoms with van der Waals surface area (Å²) in [5.74, 6) is 0.742. The van der Waals surface area contributed by atoms with Crippen molar-refractivity contribution in [1.29, 1.82) is 0 Å². The first kappa shape index (κ1) is 8.30. The lowest BCUT2D eigenvalue weighted by atomic mass is 9.89. The fourth-order valence-electron chi connectivity index (χ4n) is 2.70. The number of piperidine rings is 1. The number of hydrogen-bond acceptors (Lipinski definition) is 2. The van der Waals surface area contributed by atoms with Gasteiger partial charge in [0.15, 0.2) is 0 Å². The van der Waals surface area contributed by atoms with Crippen LogP contribution in [0.3, 0.4) is 0 Å². The summed E-state index contributed by atoms with van der Waals surface area (Å²) in [6, 6.07) is 7.42. The van der Waals surface area contributed by atoms with Crippen molar-refractivity contribution in [2.75, 3.05) is 18.4 Å². The molecule has 2 aliphatic heterocycles. The van der Waals surface area contributed by atoms with Gasteiger partial charge in [0, 0.05) is 24.2 Å². The number of rotatable bonds is 0. The summed E-state index contributed by atoms with van der Waals surface area (Å²) in [4.78, 5) is 0. The fourth-order valence-corrected chi connectivity index (χ4v) is 2.70. The topological polar surface area (TPSA) is 24.1 Å². The molecule has 0 spiro atoms. The lowest BCUT2D eigenvalue weighted by Gasteiger charge is -2.26. The summed E-state index contributed by atoms with van der Waals surface area (Å²) in [6.45, 7) is 4.43. The molecule has 1 aromatic rings. The molecule has 0 aliphatic carbocycles. The van der Waals surface area contributed by atoms with Gasteiger partial charge < -0.3 is 10.6 Å². The number of aryl methyl sites for hydroxylation is 1. The zero-order chi connectivity index (χ0) is 9.54. The molecule has 2 atom stereocenters. The molecule has 3 rings (SSSR count). The van der Waals surface area contributed by atoms with Crippen LogP contribution < -0.4 is 10.6 Å². The minimum Gasteiger partial charge on any atom is -0.380 e. The van der Waals surface area contributed by atoms with Crippen LogP contribution in [0.2, 0.25) is 0 Å². The van der Waals surface area contributed by atoms with Gasteiger partial charge in [-0.25, -0.2) is 0 Å². The van der Waals surface area contributed by atoms with Gasteiger partial charge in [0.25, 0.3) is 0 Å². The van der Waals surface area contributed by atoms with E-state index in [0.29, 0.717) is 6.04 Å². The van der Waals surface area contributed by atoms with Gasteiger partial charge in [0.05, 0.1) is 0 Å². The largest absolute Gasteiger partial charge is 0.380 e. The van der Waals surface area contributed by atoms with Gasteiger partial charge in [-0.1, -0.05) is 12.1 Å². The third kappa shape index (κ3) is 1.14. The molecule has 2 N–H and O–H groups in total. The molecule has 14 heavy (non-hydrogen) atoms. The van der Waals surface area contributed by atoms with Crippen molar-refractivity contribution < 1.29 is 0 Å². The van der Waals surface area contributed by atoms with Gasteiger partial charge in [-0.15, -0.1) is 0 Å². The van der Waals surface area contributed by atoms with Crippen LogP contribution in [0.4, 0.5) is 5.69 Å². The quantitative estimate of drug-likeness (QED) is 0.649. The van der Waals surface area contributed by atoms with Crippen LogP contribution in [0, 0.1) is 6.92 Å². The third-order valence-electron chi connectivity index (χ3n) is 3.43. The maximum atomic E-state index is 3.61. The summed E-state index contributed by atoms with van der Waals surface area (Å²) in [7, 11) is 0. The Balaban J connectivity index is 2.01. The van der Waals surface area contributed by atoms with Crippen molar-refractivity contribution >= 4 is 5.69 Å². The molecule has 0 bridgehead atoms. The maximum Gasteiger partial charge on any atom is 0.0455 e. The van der Waals surface area contributed by atoms with Crippen molar-refractivity contribution in [3.63, 3.8) is 0 Å². The predicted molar refractivity (Wildman–Crippen MR) is 58.8 cm³/mol. The third-order valence-corrected chi connectivity index (χ3v) is 3.43. The van der Waals surface area contributed by atoms with Crippen LogP contribution in [0.25, 0.3) is 0 Å². The summed E-state index contributed by atoms with van der Waals surface area (Å²) in [5.41, 5.74) is 4.24. The molecule has 2 heterocycles. The molecule has 2 aliphatic rings. The Kier molecular flexibility index (Phi) is 1.77. The lowest BCUT2D eigenvalue weighted by molar-refractivity contribution is 0.439. The van der Waals surface area contributed by atoms with Crippen LogP contribution in [0.15, 0.2) is 18.2 Å². The second-order valence-corrected chi connectivity index (χ2v) is 4.44. The molecule has 1 aromatic carbocycles. The van der Waals surface area contributed by atoms with E-state index in [1.165, 1.54) is 23.2 Å². The molecule has 2 nitrogen and oxygen atoms in total. The van der Waals surface area contributed by atoms with E-state index in [0.717, 1.165) is 19.0 Å². The normalized spacial score (nSPS) is 29.2. The van der Waals surface area contributed by atoms with Gasteiger partial charge in [-0.3, -0.25) is 0 Å². The van der Waals surface area contributed by atoms with E-state index in [1.807, 2.05) is 0 Å². The molecule has 0 aromatic heterocycles. The molecule has 74 valence electrons. The highest BCUT2D eigenvalue weighted by molar-refractivity contribution is 5.61. The minimum atomic E-state index is 0.626. The summed E-state index contributed by atoms with van der Waals surface area (Å²) >= 11 is 0. The van der Waals surface area contributed by atoms with E-state index in [2.05, 4.69) is 35.8 Å². The minimum absolute atomic E-state index is 0.626. The van der Waals surface area contributed by atoms with E-state index < -0.39 is 0 Å². The Labute approximate surface area is 84.7 Å². The van der Waals surface area contributed by atoms with Crippen LogP contribution >= 0.6 is 0 Å². The first-order valence-electron chi connectivity index (χ1n) is 5.42. The number of fused-ring (bicyclic) bond motifs is 3. The van der Waals surface area contributed by atoms with Crippen molar-refractivity contribution in [3.8, 4) is 0 Å². The van der Waals surface area contributed by atoms with E-state index in [1.54, 1.807) is 0 Å². The van der Waals surface area contributed by atoms with E-state index in [4.69, 9.17) is 0 Å². The van der Waals surface area contributed by atoms with Crippen molar-refractivity contribution in [2.24, 2.45) is 0 Å². The number of anilines is 1. The van der Waals surface area contributed by atoms with E-state index in [9.17, 15) is 0 Å². The molecular formula is C12H16N2. The van der Waals surface area contributed by atoms with Crippen molar-refractivity contribution in [1.82, 2.24) is 5.32 Å². The summed E-state index contributed by atoms with van der Waals surface area (Å²) in [5, 5.41) is 7.06. The van der Waals surface area contributed by atoms with Crippen LogP contribution in [0.5, 0.6) is 0 Å². The Morgan fingerprint density at radius 2 is 2.29 bits per heavy atom. The summed E-state index contributed by atoms with van der Waals surface area (Å²) in [6.07, 6.45) is 1.27. The molecule has 1 fully saturated rings.